The molecule has 0 aliphatic carbocycles. The molecule has 5 aromatic carbocycles. The maximum absolute atomic E-state index is 13.5. The first-order valence-electron chi connectivity index (χ1n) is 14.7. The SMILES string of the molecule is O=P(O)(O)c1ccc(-c2ccc([C@@H]3[C@H](CC[C@H](O)c4ccc(F)cc4)SC(=S)N3c3ccc(-c4ccccc4)cc3)c(O)c2)cc1. The van der Waals surface area contributed by atoms with Crippen molar-refractivity contribution < 1.29 is 29.0 Å². The van der Waals surface area contributed by atoms with E-state index < -0.39 is 13.7 Å². The van der Waals surface area contributed by atoms with Crippen LogP contribution in [0.1, 0.15) is 36.1 Å². The number of aromatic hydroxyl groups is 1. The summed E-state index contributed by atoms with van der Waals surface area (Å²) in [6.45, 7) is 0. The molecule has 4 N–H and O–H groups in total. The van der Waals surface area contributed by atoms with Crippen LogP contribution < -0.4 is 10.2 Å². The lowest BCUT2D eigenvalue weighted by molar-refractivity contribution is 0.163. The van der Waals surface area contributed by atoms with Crippen LogP contribution in [0.3, 0.4) is 0 Å². The van der Waals surface area contributed by atoms with E-state index in [4.69, 9.17) is 12.2 Å². The Kier molecular flexibility index (Phi) is 9.43. The van der Waals surface area contributed by atoms with Gasteiger partial charge >= 0.3 is 7.60 Å². The van der Waals surface area contributed by atoms with E-state index >= 15 is 0 Å². The number of halogens is 1. The Bertz CT molecular complexity index is 1880. The fourth-order valence-corrected chi connectivity index (χ4v) is 8.16. The van der Waals surface area contributed by atoms with Crippen LogP contribution in [0.5, 0.6) is 5.75 Å². The molecule has 1 aliphatic heterocycles. The molecule has 6 nitrogen and oxygen atoms in total. The molecule has 1 saturated heterocycles. The Morgan fingerprint density at radius 2 is 1.39 bits per heavy atom. The number of phenolic OH excluding ortho intramolecular Hbond substituents is 1. The number of hydrogen-bond acceptors (Lipinski definition) is 5. The van der Waals surface area contributed by atoms with Gasteiger partial charge in [-0.1, -0.05) is 103 Å². The van der Waals surface area contributed by atoms with Crippen LogP contribution in [0.4, 0.5) is 10.1 Å². The number of nitrogens with zero attached hydrogens (tertiary/aromatic N) is 1. The lowest BCUT2D eigenvalue weighted by Gasteiger charge is -2.30. The fraction of sp³-hybridized carbons (Fsp3) is 0.139. The van der Waals surface area contributed by atoms with Gasteiger partial charge in [0.25, 0.3) is 0 Å². The largest absolute Gasteiger partial charge is 0.508 e. The van der Waals surface area contributed by atoms with Crippen LogP contribution in [0.25, 0.3) is 22.3 Å². The van der Waals surface area contributed by atoms with Crippen LogP contribution in [0.2, 0.25) is 0 Å². The topological polar surface area (TPSA) is 101 Å². The first-order chi connectivity index (χ1) is 22.1. The van der Waals surface area contributed by atoms with Crippen molar-refractivity contribution in [2.45, 2.75) is 30.2 Å². The second-order valence-electron chi connectivity index (χ2n) is 11.2. The summed E-state index contributed by atoms with van der Waals surface area (Å²) in [7, 11) is -4.37. The van der Waals surface area contributed by atoms with E-state index in [0.29, 0.717) is 39.4 Å². The van der Waals surface area contributed by atoms with Gasteiger partial charge in [0.15, 0.2) is 0 Å². The van der Waals surface area contributed by atoms with Crippen molar-refractivity contribution in [3.05, 3.63) is 138 Å². The molecular formula is C36H31FNO5PS2. The van der Waals surface area contributed by atoms with E-state index in [1.54, 1.807) is 30.3 Å². The van der Waals surface area contributed by atoms with Gasteiger partial charge in [-0.3, -0.25) is 4.57 Å². The molecule has 3 atom stereocenters. The number of hydrogen-bond donors (Lipinski definition) is 4. The summed E-state index contributed by atoms with van der Waals surface area (Å²) in [5.74, 6) is -0.305. The molecule has 0 saturated carbocycles. The molecule has 1 aliphatic rings. The number of thiocarbonyl (C=S) groups is 1. The first-order valence-corrected chi connectivity index (χ1v) is 17.6. The van der Waals surface area contributed by atoms with Crippen molar-refractivity contribution in [1.82, 2.24) is 0 Å². The van der Waals surface area contributed by atoms with Gasteiger partial charge in [-0.2, -0.15) is 0 Å². The molecule has 46 heavy (non-hydrogen) atoms. The Hall–Kier alpha value is -3.82. The highest BCUT2D eigenvalue weighted by Crippen LogP contribution is 2.49. The molecule has 5 aromatic rings. The molecule has 1 fully saturated rings. The third-order valence-electron chi connectivity index (χ3n) is 8.20. The van der Waals surface area contributed by atoms with Gasteiger partial charge in [-0.25, -0.2) is 4.39 Å². The normalized spacial score (nSPS) is 17.3. The van der Waals surface area contributed by atoms with Crippen LogP contribution in [0, 0.1) is 5.82 Å². The number of anilines is 1. The van der Waals surface area contributed by atoms with E-state index in [2.05, 4.69) is 12.1 Å². The lowest BCUT2D eigenvalue weighted by atomic mass is 9.93. The Morgan fingerprint density at radius 3 is 2.02 bits per heavy atom. The number of benzene rings is 5. The molecule has 1 heterocycles. The highest BCUT2D eigenvalue weighted by atomic mass is 32.2. The second-order valence-corrected chi connectivity index (χ2v) is 14.6. The van der Waals surface area contributed by atoms with Crippen molar-refractivity contribution in [2.75, 3.05) is 4.90 Å². The van der Waals surface area contributed by atoms with Crippen LogP contribution in [-0.4, -0.2) is 29.6 Å². The summed E-state index contributed by atoms with van der Waals surface area (Å²) in [4.78, 5) is 21.0. The Morgan fingerprint density at radius 1 is 0.804 bits per heavy atom. The standard InChI is InChI=1S/C36H31FNO5PS2/c37-28-13-6-26(7-14-28)32(39)20-21-34-35(31-19-12-27(22-33(31)40)25-10-17-30(18-11-25)44(41,42)43)38(36(45)46-34)29-15-8-24(9-16-29)23-4-2-1-3-5-23/h1-19,22,32,34-35,39-40H,20-21H2,(H2,41,42,43)/t32-,34-,35+/m0/s1. The predicted molar refractivity (Wildman–Crippen MR) is 187 cm³/mol. The number of aliphatic hydroxyl groups excluding tert-OH is 1. The third kappa shape index (κ3) is 6.95. The minimum atomic E-state index is -4.37. The van der Waals surface area contributed by atoms with Crippen molar-refractivity contribution in [1.29, 1.82) is 0 Å². The van der Waals surface area contributed by atoms with Gasteiger partial charge in [0.1, 0.15) is 15.9 Å². The lowest BCUT2D eigenvalue weighted by Crippen LogP contribution is -2.29. The minimum absolute atomic E-state index is 0.0573. The molecular weight excluding hydrogens is 641 g/mol. The Balaban J connectivity index is 1.32. The molecule has 0 amide bonds. The molecule has 234 valence electrons. The van der Waals surface area contributed by atoms with Gasteiger partial charge < -0.3 is 24.9 Å². The average molecular weight is 672 g/mol. The number of rotatable bonds is 9. The average Bonchev–Trinajstić information content (AvgIpc) is 3.39. The molecule has 0 unspecified atom stereocenters. The zero-order chi connectivity index (χ0) is 32.4. The quantitative estimate of drug-likeness (QED) is 0.0921. The summed E-state index contributed by atoms with van der Waals surface area (Å²) < 4.78 is 25.7. The maximum atomic E-state index is 13.5. The van der Waals surface area contributed by atoms with E-state index in [1.807, 2.05) is 59.5 Å². The maximum Gasteiger partial charge on any atom is 0.356 e. The van der Waals surface area contributed by atoms with E-state index in [0.717, 1.165) is 16.8 Å². The summed E-state index contributed by atoms with van der Waals surface area (Å²) >= 11 is 7.44. The zero-order valence-electron chi connectivity index (χ0n) is 24.5. The summed E-state index contributed by atoms with van der Waals surface area (Å²) in [5.41, 5.74) is 5.72. The molecule has 0 spiro atoms. The first kappa shape index (κ1) is 32.1. The van der Waals surface area contributed by atoms with Crippen LogP contribution in [-0.2, 0) is 4.57 Å². The van der Waals surface area contributed by atoms with Gasteiger partial charge in [-0.05, 0) is 83.1 Å². The van der Waals surface area contributed by atoms with Crippen LogP contribution in [0.15, 0.2) is 121 Å². The summed E-state index contributed by atoms with van der Waals surface area (Å²) in [6.07, 6.45) is 0.188. The fourth-order valence-electron chi connectivity index (χ4n) is 5.79. The summed E-state index contributed by atoms with van der Waals surface area (Å²) in [6, 6.07) is 35.1. The molecule has 0 aromatic heterocycles. The van der Waals surface area contributed by atoms with Crippen molar-refractivity contribution in [2.24, 2.45) is 0 Å². The van der Waals surface area contributed by atoms with Gasteiger partial charge in [0.2, 0.25) is 0 Å². The van der Waals surface area contributed by atoms with E-state index in [9.17, 15) is 29.0 Å². The highest BCUT2D eigenvalue weighted by Gasteiger charge is 2.41. The van der Waals surface area contributed by atoms with Gasteiger partial charge in [0, 0.05) is 16.5 Å². The molecule has 10 heteroatoms. The van der Waals surface area contributed by atoms with E-state index in [-0.39, 0.29) is 28.2 Å². The third-order valence-corrected chi connectivity index (χ3v) is 10.8. The minimum Gasteiger partial charge on any atom is -0.508 e. The zero-order valence-corrected chi connectivity index (χ0v) is 27.0. The highest BCUT2D eigenvalue weighted by molar-refractivity contribution is 8.24. The monoisotopic (exact) mass is 671 g/mol. The van der Waals surface area contributed by atoms with E-state index in [1.165, 1.54) is 36.0 Å². The van der Waals surface area contributed by atoms with Gasteiger partial charge in [-0.15, -0.1) is 0 Å². The summed E-state index contributed by atoms with van der Waals surface area (Å²) in [5, 5.41) is 22.2. The van der Waals surface area contributed by atoms with Crippen molar-refractivity contribution in [3.63, 3.8) is 0 Å². The molecule has 0 bridgehead atoms. The smallest absolute Gasteiger partial charge is 0.356 e. The number of phenols is 1. The van der Waals surface area contributed by atoms with Gasteiger partial charge in [0.05, 0.1) is 17.5 Å². The van der Waals surface area contributed by atoms with Crippen LogP contribution >= 0.6 is 31.6 Å². The molecule has 6 rings (SSSR count). The second kappa shape index (κ2) is 13.5. The van der Waals surface area contributed by atoms with Crippen molar-refractivity contribution >= 4 is 46.9 Å². The van der Waals surface area contributed by atoms with Crippen molar-refractivity contribution in [3.8, 4) is 28.0 Å². The number of thioether (sulfide) groups is 1. The Labute approximate surface area is 276 Å². The number of aliphatic hydroxyl groups is 1. The molecule has 0 radical (unpaired) electrons. The predicted octanol–water partition coefficient (Wildman–Crippen LogP) is 8.13.